The maximum Gasteiger partial charge on any atom is 0.0970 e. The number of piperidine rings is 1. The minimum absolute atomic E-state index is 0.633. The first-order chi connectivity index (χ1) is 7.70. The van der Waals surface area contributed by atoms with Gasteiger partial charge in [0.25, 0.3) is 0 Å². The Labute approximate surface area is 101 Å². The van der Waals surface area contributed by atoms with Gasteiger partial charge in [0.15, 0.2) is 0 Å². The van der Waals surface area contributed by atoms with E-state index in [0.717, 1.165) is 9.88 Å². The van der Waals surface area contributed by atoms with E-state index in [1.165, 1.54) is 30.9 Å². The Balaban J connectivity index is 2.22. The molecule has 2 nitrogen and oxygen atoms in total. The van der Waals surface area contributed by atoms with Gasteiger partial charge in [0.1, 0.15) is 0 Å². The van der Waals surface area contributed by atoms with E-state index < -0.39 is 0 Å². The smallest absolute Gasteiger partial charge is 0.0970 e. The highest BCUT2D eigenvalue weighted by atomic mass is 32.1. The second-order valence-corrected chi connectivity index (χ2v) is 5.46. The van der Waals surface area contributed by atoms with Crippen molar-refractivity contribution in [1.82, 2.24) is 9.88 Å². The maximum atomic E-state index is 4.66. The van der Waals surface area contributed by atoms with Crippen molar-refractivity contribution in [2.45, 2.75) is 18.8 Å². The van der Waals surface area contributed by atoms with Gasteiger partial charge in [0.2, 0.25) is 0 Å². The number of rotatable bonds is 2. The topological polar surface area (TPSA) is 16.1 Å². The van der Waals surface area contributed by atoms with Crippen LogP contribution in [0.15, 0.2) is 12.7 Å². The molecule has 0 N–H and O–H groups in total. The van der Waals surface area contributed by atoms with E-state index in [2.05, 4.69) is 30.1 Å². The molecule has 0 amide bonds. The lowest BCUT2D eigenvalue weighted by Gasteiger charge is -2.27. The summed E-state index contributed by atoms with van der Waals surface area (Å²) in [6, 6.07) is 0. The lowest BCUT2D eigenvalue weighted by Crippen LogP contribution is -2.29. The summed E-state index contributed by atoms with van der Waals surface area (Å²) in [5, 5.41) is 2.25. The first-order valence-electron chi connectivity index (χ1n) is 5.67. The first kappa shape index (κ1) is 11.6. The summed E-state index contributed by atoms with van der Waals surface area (Å²) in [5.41, 5.74) is 0. The lowest BCUT2D eigenvalue weighted by atomic mass is 9.98. The van der Waals surface area contributed by atoms with E-state index in [9.17, 15) is 0 Å². The minimum atomic E-state index is 0.633. The van der Waals surface area contributed by atoms with Crippen molar-refractivity contribution in [2.24, 2.45) is 0 Å². The van der Waals surface area contributed by atoms with Gasteiger partial charge in [-0.25, -0.2) is 4.98 Å². The van der Waals surface area contributed by atoms with Crippen LogP contribution in [0.25, 0.3) is 12.7 Å². The predicted molar refractivity (Wildman–Crippen MR) is 71.0 cm³/mol. The fraction of sp³-hybridized carbons (Fsp3) is 0.462. The number of hydrogen-bond donors (Lipinski definition) is 0. The van der Waals surface area contributed by atoms with Gasteiger partial charge in [-0.1, -0.05) is 19.2 Å². The number of hydrogen-bond acceptors (Lipinski definition) is 3. The Morgan fingerprint density at radius 1 is 1.44 bits per heavy atom. The molecule has 1 aromatic rings. The molecular formula is C13H18N2S. The summed E-state index contributed by atoms with van der Waals surface area (Å²) in [6.07, 6.45) is 6.16. The van der Waals surface area contributed by atoms with Crippen LogP contribution >= 0.6 is 11.3 Å². The number of thiazole rings is 1. The summed E-state index contributed by atoms with van der Waals surface area (Å²) in [6.45, 7) is 10.1. The van der Waals surface area contributed by atoms with Crippen LogP contribution in [0.1, 0.15) is 23.8 Å². The van der Waals surface area contributed by atoms with Crippen LogP contribution in [0.3, 0.4) is 0 Å². The van der Waals surface area contributed by atoms with Gasteiger partial charge in [0.05, 0.1) is 10.4 Å². The highest BCUT2D eigenvalue weighted by molar-refractivity contribution is 7.09. The zero-order valence-electron chi connectivity index (χ0n) is 9.78. The first-order valence-corrected chi connectivity index (χ1v) is 6.49. The van der Waals surface area contributed by atoms with Gasteiger partial charge >= 0.3 is 0 Å². The van der Waals surface area contributed by atoms with Crippen molar-refractivity contribution in [3.05, 3.63) is 27.5 Å². The van der Waals surface area contributed by atoms with Crippen molar-refractivity contribution < 1.29 is 0 Å². The Hall–Kier alpha value is -0.930. The summed E-state index contributed by atoms with van der Waals surface area (Å²) >= 11 is 1.74. The molecule has 1 aliphatic rings. The minimum Gasteiger partial charge on any atom is -0.306 e. The van der Waals surface area contributed by atoms with Crippen molar-refractivity contribution in [3.8, 4) is 0 Å². The van der Waals surface area contributed by atoms with Gasteiger partial charge in [-0.3, -0.25) is 0 Å². The molecule has 0 saturated carbocycles. The highest BCUT2D eigenvalue weighted by Crippen LogP contribution is 2.26. The SMILES string of the molecule is C=C/C=c1/nc(C2CCN(C)CC2)sc1=C. The molecular weight excluding hydrogens is 216 g/mol. The predicted octanol–water partition coefficient (Wildman–Crippen LogP) is 1.33. The maximum absolute atomic E-state index is 4.66. The van der Waals surface area contributed by atoms with Crippen molar-refractivity contribution >= 4 is 24.0 Å². The summed E-state index contributed by atoms with van der Waals surface area (Å²) in [5.74, 6) is 0.633. The van der Waals surface area contributed by atoms with E-state index in [1.807, 2.05) is 6.08 Å². The second-order valence-electron chi connectivity index (χ2n) is 4.34. The van der Waals surface area contributed by atoms with E-state index >= 15 is 0 Å². The normalized spacial score (nSPS) is 20.2. The summed E-state index contributed by atoms with van der Waals surface area (Å²) in [7, 11) is 2.18. The summed E-state index contributed by atoms with van der Waals surface area (Å²) in [4.78, 5) is 7.04. The van der Waals surface area contributed by atoms with Crippen LogP contribution in [0, 0.1) is 0 Å². The molecule has 2 heterocycles. The van der Waals surface area contributed by atoms with E-state index in [-0.39, 0.29) is 0 Å². The third-order valence-electron chi connectivity index (χ3n) is 3.09. The molecule has 1 aliphatic heterocycles. The average molecular weight is 234 g/mol. The van der Waals surface area contributed by atoms with Crippen molar-refractivity contribution in [3.63, 3.8) is 0 Å². The quantitative estimate of drug-likeness (QED) is 0.767. The molecule has 1 aromatic heterocycles. The molecule has 0 atom stereocenters. The number of likely N-dealkylation sites (tertiary alicyclic amines) is 1. The molecule has 0 bridgehead atoms. The largest absolute Gasteiger partial charge is 0.306 e. The Morgan fingerprint density at radius 3 is 2.75 bits per heavy atom. The van der Waals surface area contributed by atoms with Crippen LogP contribution in [0.2, 0.25) is 0 Å². The van der Waals surface area contributed by atoms with E-state index in [4.69, 9.17) is 0 Å². The van der Waals surface area contributed by atoms with Gasteiger partial charge in [-0.15, -0.1) is 11.3 Å². The van der Waals surface area contributed by atoms with Gasteiger partial charge < -0.3 is 4.90 Å². The third-order valence-corrected chi connectivity index (χ3v) is 4.18. The highest BCUT2D eigenvalue weighted by Gasteiger charge is 2.20. The molecule has 0 radical (unpaired) electrons. The molecule has 16 heavy (non-hydrogen) atoms. The molecule has 2 rings (SSSR count). The molecule has 1 fully saturated rings. The van der Waals surface area contributed by atoms with Crippen LogP contribution in [0.4, 0.5) is 0 Å². The van der Waals surface area contributed by atoms with Crippen LogP contribution < -0.4 is 9.88 Å². The number of nitrogens with zero attached hydrogens (tertiary/aromatic N) is 2. The zero-order valence-corrected chi connectivity index (χ0v) is 10.6. The molecule has 3 heteroatoms. The molecule has 1 saturated heterocycles. The molecule has 0 aromatic carbocycles. The lowest BCUT2D eigenvalue weighted by molar-refractivity contribution is 0.255. The number of aromatic nitrogens is 1. The zero-order chi connectivity index (χ0) is 11.5. The molecule has 0 aliphatic carbocycles. The van der Waals surface area contributed by atoms with Crippen LogP contribution in [-0.2, 0) is 0 Å². The van der Waals surface area contributed by atoms with E-state index in [1.54, 1.807) is 17.4 Å². The Bertz CT molecular complexity index is 467. The van der Waals surface area contributed by atoms with Crippen LogP contribution in [-0.4, -0.2) is 30.0 Å². The van der Waals surface area contributed by atoms with Crippen molar-refractivity contribution in [2.75, 3.05) is 20.1 Å². The standard InChI is InChI=1S/C13H18N2S/c1-4-5-12-10(2)16-13(14-12)11-6-8-15(3)9-7-11/h4-5,11H,1-2,6-9H2,3H3/b12-5+. The van der Waals surface area contributed by atoms with Crippen LogP contribution in [0.5, 0.6) is 0 Å². The van der Waals surface area contributed by atoms with Gasteiger partial charge in [-0.2, -0.15) is 0 Å². The Kier molecular flexibility index (Phi) is 3.56. The second kappa shape index (κ2) is 4.93. The monoisotopic (exact) mass is 234 g/mol. The average Bonchev–Trinajstić information content (AvgIpc) is 2.62. The molecule has 86 valence electrons. The van der Waals surface area contributed by atoms with Gasteiger partial charge in [-0.05, 0) is 39.1 Å². The fourth-order valence-corrected chi connectivity index (χ4v) is 3.07. The fourth-order valence-electron chi connectivity index (χ4n) is 2.05. The van der Waals surface area contributed by atoms with Gasteiger partial charge in [0, 0.05) is 10.5 Å². The molecule has 0 unspecified atom stereocenters. The third kappa shape index (κ3) is 2.42. The van der Waals surface area contributed by atoms with E-state index in [0.29, 0.717) is 5.92 Å². The number of allylic oxidation sites excluding steroid dienone is 1. The summed E-state index contributed by atoms with van der Waals surface area (Å²) < 4.78 is 1.06. The Morgan fingerprint density at radius 2 is 2.12 bits per heavy atom. The van der Waals surface area contributed by atoms with Crippen molar-refractivity contribution in [1.29, 1.82) is 0 Å². The molecule has 0 spiro atoms.